The van der Waals surface area contributed by atoms with E-state index in [-0.39, 0.29) is 5.48 Å². The summed E-state index contributed by atoms with van der Waals surface area (Å²) in [6.45, 7) is 0. The fraction of sp³-hybridized carbons (Fsp3) is 1.00. The minimum absolute atomic E-state index is 0. The van der Waals surface area contributed by atoms with Gasteiger partial charge in [-0.25, -0.2) is 4.39 Å². The molecule has 3 N–H and O–H groups in total. The van der Waals surface area contributed by atoms with Crippen LogP contribution in [0.5, 0.6) is 0 Å². The van der Waals surface area contributed by atoms with Gasteiger partial charge in [-0.1, -0.05) is 0 Å². The SMILES string of the molecule is O.O=S(=O)(O)C(F)(F)C(F)C(F)(F)F. The highest BCUT2D eigenvalue weighted by molar-refractivity contribution is 7.86. The van der Waals surface area contributed by atoms with E-state index < -0.39 is 27.7 Å². The van der Waals surface area contributed by atoms with Gasteiger partial charge in [0.05, 0.1) is 0 Å². The Morgan fingerprint density at radius 1 is 1.07 bits per heavy atom. The summed E-state index contributed by atoms with van der Waals surface area (Å²) in [6, 6.07) is 0. The predicted octanol–water partition coefficient (Wildman–Crippen LogP) is 0.543. The van der Waals surface area contributed by atoms with Gasteiger partial charge < -0.3 is 5.48 Å². The van der Waals surface area contributed by atoms with Crippen LogP contribution in [0, 0.1) is 0 Å². The zero-order valence-corrected chi connectivity index (χ0v) is 6.83. The predicted molar refractivity (Wildman–Crippen MR) is 31.1 cm³/mol. The minimum Gasteiger partial charge on any atom is -0.412 e. The highest BCUT2D eigenvalue weighted by Crippen LogP contribution is 2.37. The summed E-state index contributed by atoms with van der Waals surface area (Å²) in [5.41, 5.74) is 0. The molecular formula is C3H4F6O4S. The molecule has 0 aliphatic heterocycles. The van der Waals surface area contributed by atoms with Crippen LogP contribution in [0.2, 0.25) is 0 Å². The van der Waals surface area contributed by atoms with Crippen molar-refractivity contribution in [2.45, 2.75) is 17.6 Å². The second-order valence-electron chi connectivity index (χ2n) is 1.94. The van der Waals surface area contributed by atoms with E-state index in [4.69, 9.17) is 4.55 Å². The summed E-state index contributed by atoms with van der Waals surface area (Å²) in [4.78, 5) is 0. The molecule has 0 spiro atoms. The molecule has 0 heterocycles. The van der Waals surface area contributed by atoms with Gasteiger partial charge in [0, 0.05) is 0 Å². The van der Waals surface area contributed by atoms with Crippen LogP contribution in [0.25, 0.3) is 0 Å². The monoisotopic (exact) mass is 250 g/mol. The molecule has 4 nitrogen and oxygen atoms in total. The topological polar surface area (TPSA) is 85.9 Å². The van der Waals surface area contributed by atoms with E-state index in [1.807, 2.05) is 0 Å². The number of rotatable bonds is 2. The summed E-state index contributed by atoms with van der Waals surface area (Å²) in [5, 5.41) is -5.88. The van der Waals surface area contributed by atoms with Gasteiger partial charge in [-0.3, -0.25) is 4.55 Å². The highest BCUT2D eigenvalue weighted by Gasteiger charge is 2.64. The third kappa shape index (κ3) is 2.99. The first-order valence-corrected chi connectivity index (χ1v) is 3.90. The van der Waals surface area contributed by atoms with E-state index in [1.165, 1.54) is 0 Å². The number of hydrogen-bond acceptors (Lipinski definition) is 2. The number of halogens is 6. The third-order valence-electron chi connectivity index (χ3n) is 0.926. The van der Waals surface area contributed by atoms with Gasteiger partial charge in [0.2, 0.25) is 0 Å². The van der Waals surface area contributed by atoms with Crippen LogP contribution in [-0.4, -0.2) is 36.0 Å². The van der Waals surface area contributed by atoms with Gasteiger partial charge in [-0.2, -0.15) is 30.4 Å². The standard InChI is InChI=1S/C3H2F6O3S.H2O/c4-1(2(5,6)7)3(8,9)13(10,11)12;/h1H,(H,10,11,12);1H2. The average Bonchev–Trinajstić information content (AvgIpc) is 1.81. The van der Waals surface area contributed by atoms with Crippen molar-refractivity contribution in [2.24, 2.45) is 0 Å². The van der Waals surface area contributed by atoms with Gasteiger partial charge >= 0.3 is 21.5 Å². The first-order chi connectivity index (χ1) is 5.40. The Morgan fingerprint density at radius 3 is 1.43 bits per heavy atom. The molecule has 88 valence electrons. The van der Waals surface area contributed by atoms with Crippen LogP contribution in [0.15, 0.2) is 0 Å². The zero-order valence-electron chi connectivity index (χ0n) is 6.02. The molecule has 0 aliphatic carbocycles. The van der Waals surface area contributed by atoms with Crippen molar-refractivity contribution in [3.8, 4) is 0 Å². The summed E-state index contributed by atoms with van der Waals surface area (Å²) >= 11 is 0. The summed E-state index contributed by atoms with van der Waals surface area (Å²) in [6.07, 6.45) is -11.0. The van der Waals surface area contributed by atoms with Gasteiger partial charge in [-0.05, 0) is 0 Å². The molecule has 0 radical (unpaired) electrons. The normalized spacial score (nSPS) is 15.9. The van der Waals surface area contributed by atoms with Crippen molar-refractivity contribution in [3.05, 3.63) is 0 Å². The Labute approximate surface area is 73.6 Å². The lowest BCUT2D eigenvalue weighted by Gasteiger charge is -2.19. The van der Waals surface area contributed by atoms with Crippen LogP contribution >= 0.6 is 0 Å². The second kappa shape index (κ2) is 3.90. The van der Waals surface area contributed by atoms with E-state index in [2.05, 4.69) is 0 Å². The Balaban J connectivity index is 0. The van der Waals surface area contributed by atoms with Crippen LogP contribution in [0.1, 0.15) is 0 Å². The average molecular weight is 250 g/mol. The molecule has 0 aromatic carbocycles. The Hall–Kier alpha value is -0.550. The first-order valence-electron chi connectivity index (χ1n) is 2.46. The zero-order chi connectivity index (χ0) is 11.1. The fourth-order valence-corrected chi connectivity index (χ4v) is 0.716. The summed E-state index contributed by atoms with van der Waals surface area (Å²) in [7, 11) is -6.41. The molecule has 11 heteroatoms. The van der Waals surface area contributed by atoms with E-state index in [0.29, 0.717) is 0 Å². The van der Waals surface area contributed by atoms with Crippen molar-refractivity contribution in [2.75, 3.05) is 0 Å². The van der Waals surface area contributed by atoms with Crippen LogP contribution in [-0.2, 0) is 10.1 Å². The minimum atomic E-state index is -6.41. The number of hydrogen-bond donors (Lipinski definition) is 1. The van der Waals surface area contributed by atoms with Crippen molar-refractivity contribution in [3.63, 3.8) is 0 Å². The number of alkyl halides is 6. The largest absolute Gasteiger partial charge is 0.426 e. The first kappa shape index (κ1) is 15.9. The Kier molecular flexibility index (Phi) is 4.43. The highest BCUT2D eigenvalue weighted by atomic mass is 32.2. The molecule has 0 fully saturated rings. The smallest absolute Gasteiger partial charge is 0.412 e. The molecule has 0 rings (SSSR count). The van der Waals surface area contributed by atoms with E-state index in [1.54, 1.807) is 0 Å². The molecule has 0 saturated heterocycles. The van der Waals surface area contributed by atoms with Crippen molar-refractivity contribution >= 4 is 10.1 Å². The second-order valence-corrected chi connectivity index (χ2v) is 3.44. The molecular weight excluding hydrogens is 246 g/mol. The molecule has 14 heavy (non-hydrogen) atoms. The lowest BCUT2D eigenvalue weighted by molar-refractivity contribution is -0.223. The van der Waals surface area contributed by atoms with E-state index in [0.717, 1.165) is 0 Å². The van der Waals surface area contributed by atoms with Crippen LogP contribution in [0.3, 0.4) is 0 Å². The lowest BCUT2D eigenvalue weighted by atomic mass is 10.4. The molecule has 0 aromatic heterocycles. The maximum Gasteiger partial charge on any atom is 0.426 e. The molecule has 0 bridgehead atoms. The molecule has 1 unspecified atom stereocenters. The van der Waals surface area contributed by atoms with Crippen LogP contribution < -0.4 is 0 Å². The Bertz CT molecular complexity index is 280. The van der Waals surface area contributed by atoms with Crippen molar-refractivity contribution in [1.29, 1.82) is 0 Å². The third-order valence-corrected chi connectivity index (χ3v) is 1.82. The molecule has 1 atom stereocenters. The van der Waals surface area contributed by atoms with Gasteiger partial charge in [-0.15, -0.1) is 0 Å². The summed E-state index contributed by atoms with van der Waals surface area (Å²) in [5.74, 6) is 0. The van der Waals surface area contributed by atoms with Crippen LogP contribution in [0.4, 0.5) is 26.3 Å². The molecule has 0 saturated carbocycles. The maximum atomic E-state index is 11.9. The molecule has 0 aromatic rings. The quantitative estimate of drug-likeness (QED) is 0.573. The van der Waals surface area contributed by atoms with Crippen molar-refractivity contribution < 1.29 is 44.8 Å². The van der Waals surface area contributed by atoms with Gasteiger partial charge in [0.25, 0.3) is 6.17 Å². The summed E-state index contributed by atoms with van der Waals surface area (Å²) < 4.78 is 96.1. The molecule has 0 aliphatic rings. The maximum absolute atomic E-state index is 11.9. The Morgan fingerprint density at radius 2 is 1.36 bits per heavy atom. The van der Waals surface area contributed by atoms with Crippen molar-refractivity contribution in [1.82, 2.24) is 0 Å². The van der Waals surface area contributed by atoms with Gasteiger partial charge in [0.15, 0.2) is 0 Å². The van der Waals surface area contributed by atoms with E-state index >= 15 is 0 Å². The molecule has 0 amide bonds. The fourth-order valence-electron chi connectivity index (χ4n) is 0.321. The van der Waals surface area contributed by atoms with Gasteiger partial charge in [0.1, 0.15) is 0 Å². The lowest BCUT2D eigenvalue weighted by Crippen LogP contribution is -2.46. The van der Waals surface area contributed by atoms with E-state index in [9.17, 15) is 34.8 Å².